The molecule has 0 radical (unpaired) electrons. The van der Waals surface area contributed by atoms with Gasteiger partial charge in [0, 0.05) is 18.6 Å². The van der Waals surface area contributed by atoms with Gasteiger partial charge < -0.3 is 9.47 Å². The number of carbonyl (C=O) groups excluding carboxylic acids is 1. The zero-order chi connectivity index (χ0) is 23.7. The molecule has 34 heavy (non-hydrogen) atoms. The van der Waals surface area contributed by atoms with E-state index in [0.29, 0.717) is 11.3 Å². The van der Waals surface area contributed by atoms with Gasteiger partial charge in [0.05, 0.1) is 11.3 Å². The van der Waals surface area contributed by atoms with Gasteiger partial charge in [0.25, 0.3) is 0 Å². The van der Waals surface area contributed by atoms with Gasteiger partial charge in [-0.25, -0.2) is 8.78 Å². The number of hydrogen-bond acceptors (Lipinski definition) is 7. The van der Waals surface area contributed by atoms with Crippen LogP contribution in [0.5, 0.6) is 11.8 Å². The van der Waals surface area contributed by atoms with Gasteiger partial charge in [-0.05, 0) is 59.0 Å². The number of para-hydroxylation sites is 1. The van der Waals surface area contributed by atoms with Crippen molar-refractivity contribution in [1.82, 2.24) is 25.2 Å². The summed E-state index contributed by atoms with van der Waals surface area (Å²) in [6, 6.07) is 19.1. The Balaban J connectivity index is 1.36. The van der Waals surface area contributed by atoms with Crippen molar-refractivity contribution < 1.29 is 23.0 Å². The lowest BCUT2D eigenvalue weighted by Gasteiger charge is -2.19. The normalized spacial score (nSPS) is 15.1. The van der Waals surface area contributed by atoms with Crippen LogP contribution in [0.3, 0.4) is 0 Å². The topological polar surface area (TPSA) is 94.7 Å². The molecule has 0 bridgehead atoms. The van der Waals surface area contributed by atoms with Crippen molar-refractivity contribution in [2.45, 2.75) is 13.2 Å². The number of hydrogen-bond donors (Lipinski definition) is 0. The smallest absolute Gasteiger partial charge is 0.345 e. The van der Waals surface area contributed by atoms with Crippen LogP contribution in [-0.2, 0) is 9.53 Å². The molecule has 1 atom stereocenters. The maximum Gasteiger partial charge on any atom is 0.345 e. The molecule has 9 nitrogen and oxygen atoms in total. The zero-order valence-electron chi connectivity index (χ0n) is 17.7. The number of rotatable bonds is 5. The number of aromatic nitrogens is 4. The van der Waals surface area contributed by atoms with E-state index in [1.165, 1.54) is 17.7 Å². The van der Waals surface area contributed by atoms with E-state index in [1.807, 2.05) is 30.3 Å². The number of nitrogens with zero attached hydrogens (tertiary/aromatic N) is 6. The lowest BCUT2D eigenvalue weighted by molar-refractivity contribution is -0.135. The minimum absolute atomic E-state index is 0.0111. The number of carbonyl (C=O) groups is 1. The highest BCUT2D eigenvalue weighted by atomic mass is 19.1. The van der Waals surface area contributed by atoms with Crippen LogP contribution >= 0.6 is 0 Å². The van der Waals surface area contributed by atoms with Crippen molar-refractivity contribution in [2.24, 2.45) is 5.10 Å². The van der Waals surface area contributed by atoms with Crippen molar-refractivity contribution in [1.29, 1.82) is 0 Å². The number of benzene rings is 3. The zero-order valence-corrected chi connectivity index (χ0v) is 17.7. The molecule has 0 saturated heterocycles. The first-order valence-corrected chi connectivity index (χ1v) is 10.1. The number of hydrazone groups is 1. The number of amides is 1. The van der Waals surface area contributed by atoms with Crippen LogP contribution in [0.25, 0.3) is 5.69 Å². The molecule has 1 aliphatic rings. The third kappa shape index (κ3) is 4.06. The Labute approximate surface area is 191 Å². The summed E-state index contributed by atoms with van der Waals surface area (Å²) in [4.78, 5) is 12.1. The molecule has 2 heterocycles. The van der Waals surface area contributed by atoms with E-state index in [9.17, 15) is 13.6 Å². The molecule has 1 unspecified atom stereocenters. The molecule has 5 rings (SSSR count). The second-order valence-electron chi connectivity index (χ2n) is 7.24. The number of ether oxygens (including phenoxy) is 2. The average molecular weight is 462 g/mol. The highest BCUT2D eigenvalue weighted by Gasteiger charge is 2.35. The summed E-state index contributed by atoms with van der Waals surface area (Å²) in [5.74, 6) is -1.49. The first-order valence-electron chi connectivity index (χ1n) is 10.1. The Morgan fingerprint density at radius 1 is 1.03 bits per heavy atom. The van der Waals surface area contributed by atoms with Crippen molar-refractivity contribution in [3.05, 3.63) is 95.6 Å². The van der Waals surface area contributed by atoms with E-state index in [2.05, 4.69) is 20.6 Å². The predicted octanol–water partition coefficient (Wildman–Crippen LogP) is 3.97. The van der Waals surface area contributed by atoms with Gasteiger partial charge in [0.1, 0.15) is 17.4 Å². The summed E-state index contributed by atoms with van der Waals surface area (Å²) in [5, 5.41) is 16.7. The van der Waals surface area contributed by atoms with Crippen molar-refractivity contribution in [3.63, 3.8) is 0 Å². The minimum Gasteiger partial charge on any atom is -0.446 e. The SMILES string of the molecule is CC(=O)N1N=C(c2ccc(Oc3nnnn3-c3ccccc3)cc2)OC1c1ccc(F)cc1F. The highest BCUT2D eigenvalue weighted by Crippen LogP contribution is 2.32. The Morgan fingerprint density at radius 2 is 1.79 bits per heavy atom. The van der Waals surface area contributed by atoms with Crippen molar-refractivity contribution in [2.75, 3.05) is 0 Å². The van der Waals surface area contributed by atoms with Gasteiger partial charge in [0.15, 0.2) is 0 Å². The van der Waals surface area contributed by atoms with Crippen LogP contribution in [0.4, 0.5) is 8.78 Å². The van der Waals surface area contributed by atoms with E-state index in [4.69, 9.17) is 9.47 Å². The third-order valence-electron chi connectivity index (χ3n) is 4.95. The second kappa shape index (κ2) is 8.70. The van der Waals surface area contributed by atoms with E-state index in [0.717, 1.165) is 22.8 Å². The molecule has 0 saturated carbocycles. The van der Waals surface area contributed by atoms with Crippen LogP contribution in [0.2, 0.25) is 0 Å². The van der Waals surface area contributed by atoms with Crippen LogP contribution in [0, 0.1) is 11.6 Å². The fraction of sp³-hybridized carbons (Fsp3) is 0.0870. The van der Waals surface area contributed by atoms with Gasteiger partial charge >= 0.3 is 6.01 Å². The maximum atomic E-state index is 14.3. The minimum atomic E-state index is -1.15. The van der Waals surface area contributed by atoms with E-state index in [1.54, 1.807) is 24.3 Å². The van der Waals surface area contributed by atoms with Crippen LogP contribution in [0.1, 0.15) is 24.3 Å². The first-order chi connectivity index (χ1) is 16.5. The lowest BCUT2D eigenvalue weighted by atomic mass is 10.1. The first kappa shape index (κ1) is 21.2. The molecule has 0 spiro atoms. The number of tetrazole rings is 1. The van der Waals surface area contributed by atoms with Crippen LogP contribution in [0.15, 0.2) is 77.9 Å². The summed E-state index contributed by atoms with van der Waals surface area (Å²) in [6.07, 6.45) is -1.15. The van der Waals surface area contributed by atoms with Crippen LogP contribution in [-0.4, -0.2) is 37.0 Å². The quantitative estimate of drug-likeness (QED) is 0.446. The van der Waals surface area contributed by atoms with E-state index in [-0.39, 0.29) is 17.5 Å². The Bertz CT molecular complexity index is 1380. The summed E-state index contributed by atoms with van der Waals surface area (Å²) in [5.41, 5.74) is 1.24. The highest BCUT2D eigenvalue weighted by molar-refractivity contribution is 5.96. The van der Waals surface area contributed by atoms with Crippen molar-refractivity contribution >= 4 is 11.8 Å². The molecule has 1 aromatic heterocycles. The molecular weight excluding hydrogens is 446 g/mol. The number of halogens is 2. The fourth-order valence-corrected chi connectivity index (χ4v) is 3.33. The van der Waals surface area contributed by atoms with Crippen LogP contribution < -0.4 is 4.74 Å². The molecule has 11 heteroatoms. The lowest BCUT2D eigenvalue weighted by Crippen LogP contribution is -2.26. The van der Waals surface area contributed by atoms with Gasteiger partial charge in [-0.3, -0.25) is 4.79 Å². The van der Waals surface area contributed by atoms with Gasteiger partial charge in [-0.1, -0.05) is 23.3 Å². The van der Waals surface area contributed by atoms with Gasteiger partial charge in [-0.15, -0.1) is 5.10 Å². The molecule has 0 aliphatic carbocycles. The average Bonchev–Trinajstić information content (AvgIpc) is 3.48. The Morgan fingerprint density at radius 3 is 2.50 bits per heavy atom. The fourth-order valence-electron chi connectivity index (χ4n) is 3.33. The molecule has 0 fully saturated rings. The Hall–Kier alpha value is -4.67. The summed E-state index contributed by atoms with van der Waals surface area (Å²) < 4.78 is 40.6. The molecule has 0 N–H and O–H groups in total. The summed E-state index contributed by atoms with van der Waals surface area (Å²) >= 11 is 0. The van der Waals surface area contributed by atoms with Crippen molar-refractivity contribution in [3.8, 4) is 17.4 Å². The molecule has 3 aromatic carbocycles. The van der Waals surface area contributed by atoms with Gasteiger partial charge in [0.2, 0.25) is 18.0 Å². The molecule has 4 aromatic rings. The molecular formula is C23H16F2N6O3. The van der Waals surface area contributed by atoms with Gasteiger partial charge in [-0.2, -0.15) is 9.69 Å². The molecule has 170 valence electrons. The molecule has 1 amide bonds. The van der Waals surface area contributed by atoms with E-state index >= 15 is 0 Å². The summed E-state index contributed by atoms with van der Waals surface area (Å²) in [6.45, 7) is 1.28. The molecule has 1 aliphatic heterocycles. The Kier molecular flexibility index (Phi) is 5.42. The third-order valence-corrected chi connectivity index (χ3v) is 4.95. The maximum absolute atomic E-state index is 14.3. The summed E-state index contributed by atoms with van der Waals surface area (Å²) in [7, 11) is 0. The largest absolute Gasteiger partial charge is 0.446 e. The predicted molar refractivity (Wildman–Crippen MR) is 115 cm³/mol. The van der Waals surface area contributed by atoms with E-state index < -0.39 is 23.8 Å². The monoisotopic (exact) mass is 462 g/mol. The standard InChI is InChI=1S/C23H16F2N6O3/c1-14(32)30-22(19-12-9-16(24)13-20(19)25)34-21(27-30)15-7-10-18(11-8-15)33-23-26-28-29-31(23)17-5-3-2-4-6-17/h2-13,22H,1H3. The second-order valence-corrected chi connectivity index (χ2v) is 7.24.